The van der Waals surface area contributed by atoms with Crippen molar-refractivity contribution >= 4 is 0 Å². The molecule has 0 aromatic heterocycles. The molecule has 0 unspecified atom stereocenters. The van der Waals surface area contributed by atoms with Gasteiger partial charge < -0.3 is 0 Å². The summed E-state index contributed by atoms with van der Waals surface area (Å²) in [5.41, 5.74) is 2.94. The van der Waals surface area contributed by atoms with Crippen molar-refractivity contribution in [3.05, 3.63) is 71.8 Å². The summed E-state index contributed by atoms with van der Waals surface area (Å²) in [7, 11) is 0. The molecule has 31 heavy (non-hydrogen) atoms. The molecule has 2 aromatic carbocycles. The van der Waals surface area contributed by atoms with E-state index in [1.807, 2.05) is 0 Å². The monoisotopic (exact) mass is 420 g/mol. The smallest absolute Gasteiger partial charge is 0.0279 e. The molecule has 0 heterocycles. The standard InChI is InChI=1S/C31H48/c1-26(2,3)23-30(24-19-15-13-16-20-24,25-21-17-14-18-22-25)31(27(4,5)6,28(7,8)9)29(10,11)12/h13-22H,23H2,1-12H3. The Labute approximate surface area is 193 Å². The first-order chi connectivity index (χ1) is 13.9. The molecule has 0 N–H and O–H groups in total. The van der Waals surface area contributed by atoms with Gasteiger partial charge in [0.15, 0.2) is 0 Å². The second-order valence-electron chi connectivity index (χ2n) is 13.9. The van der Waals surface area contributed by atoms with Gasteiger partial charge >= 0.3 is 0 Å². The van der Waals surface area contributed by atoms with Crippen LogP contribution in [0.4, 0.5) is 0 Å². The normalized spacial score (nSPS) is 14.6. The molecule has 0 spiro atoms. The average molecular weight is 421 g/mol. The topological polar surface area (TPSA) is 0 Å². The highest BCUT2D eigenvalue weighted by molar-refractivity contribution is 5.46. The Bertz CT molecular complexity index is 752. The molecule has 172 valence electrons. The predicted octanol–water partition coefficient (Wildman–Crippen LogP) is 9.53. The van der Waals surface area contributed by atoms with E-state index >= 15 is 0 Å². The lowest BCUT2D eigenvalue weighted by molar-refractivity contribution is -0.178. The number of hydrogen-bond donors (Lipinski definition) is 0. The van der Waals surface area contributed by atoms with Crippen LogP contribution in [-0.2, 0) is 5.41 Å². The summed E-state index contributed by atoms with van der Waals surface area (Å²) in [5, 5.41) is 0. The Morgan fingerprint density at radius 1 is 0.452 bits per heavy atom. The van der Waals surface area contributed by atoms with E-state index in [2.05, 4.69) is 144 Å². The van der Waals surface area contributed by atoms with Crippen LogP contribution < -0.4 is 0 Å². The van der Waals surface area contributed by atoms with Crippen molar-refractivity contribution in [2.45, 2.75) is 94.9 Å². The second-order valence-corrected chi connectivity index (χ2v) is 13.9. The van der Waals surface area contributed by atoms with Gasteiger partial charge in [0, 0.05) is 5.41 Å². The highest BCUT2D eigenvalue weighted by Crippen LogP contribution is 2.73. The van der Waals surface area contributed by atoms with E-state index in [-0.39, 0.29) is 32.5 Å². The number of rotatable bonds is 4. The van der Waals surface area contributed by atoms with Gasteiger partial charge in [0.2, 0.25) is 0 Å². The van der Waals surface area contributed by atoms with Gasteiger partial charge in [-0.05, 0) is 44.6 Å². The molecule has 0 atom stereocenters. The van der Waals surface area contributed by atoms with Crippen LogP contribution in [0.2, 0.25) is 0 Å². The largest absolute Gasteiger partial charge is 0.0622 e. The van der Waals surface area contributed by atoms with Crippen LogP contribution in [0.5, 0.6) is 0 Å². The van der Waals surface area contributed by atoms with Gasteiger partial charge in [-0.1, -0.05) is 144 Å². The molecule has 2 aromatic rings. The molecule has 0 radical (unpaired) electrons. The first-order valence-corrected chi connectivity index (χ1v) is 12.0. The van der Waals surface area contributed by atoms with Crippen LogP contribution >= 0.6 is 0 Å². The molecule has 0 aliphatic rings. The van der Waals surface area contributed by atoms with Gasteiger partial charge in [0.1, 0.15) is 0 Å². The molecule has 0 saturated carbocycles. The van der Waals surface area contributed by atoms with Gasteiger partial charge in [-0.15, -0.1) is 0 Å². The molecule has 0 amide bonds. The highest BCUT2D eigenvalue weighted by atomic mass is 14.7. The van der Waals surface area contributed by atoms with Crippen LogP contribution in [0.3, 0.4) is 0 Å². The fraction of sp³-hybridized carbons (Fsp3) is 0.613. The van der Waals surface area contributed by atoms with E-state index in [4.69, 9.17) is 0 Å². The van der Waals surface area contributed by atoms with Gasteiger partial charge in [-0.25, -0.2) is 0 Å². The van der Waals surface area contributed by atoms with Crippen LogP contribution in [0.25, 0.3) is 0 Å². The first kappa shape index (κ1) is 25.7. The van der Waals surface area contributed by atoms with Gasteiger partial charge in [0.25, 0.3) is 0 Å². The number of benzene rings is 2. The summed E-state index contributed by atoms with van der Waals surface area (Å²) in [6, 6.07) is 22.8. The molecule has 0 bridgehead atoms. The van der Waals surface area contributed by atoms with Crippen LogP contribution in [0.15, 0.2) is 60.7 Å². The molecule has 0 nitrogen and oxygen atoms in total. The molecule has 2 rings (SSSR count). The minimum atomic E-state index is -0.164. The molecular weight excluding hydrogens is 372 g/mol. The maximum Gasteiger partial charge on any atom is 0.0279 e. The summed E-state index contributed by atoms with van der Waals surface area (Å²) in [6.07, 6.45) is 1.08. The van der Waals surface area contributed by atoms with Crippen molar-refractivity contribution < 1.29 is 0 Å². The number of hydrogen-bond acceptors (Lipinski definition) is 0. The zero-order valence-electron chi connectivity index (χ0n) is 22.5. The first-order valence-electron chi connectivity index (χ1n) is 12.0. The van der Waals surface area contributed by atoms with Gasteiger partial charge in [-0.3, -0.25) is 0 Å². The van der Waals surface area contributed by atoms with Crippen molar-refractivity contribution in [2.24, 2.45) is 27.1 Å². The minimum Gasteiger partial charge on any atom is -0.0622 e. The molecule has 0 fully saturated rings. The molecule has 0 aliphatic heterocycles. The molecular formula is C31H48. The lowest BCUT2D eigenvalue weighted by Crippen LogP contribution is -2.67. The van der Waals surface area contributed by atoms with Crippen molar-refractivity contribution in [1.29, 1.82) is 0 Å². The van der Waals surface area contributed by atoms with Crippen molar-refractivity contribution in [1.82, 2.24) is 0 Å². The van der Waals surface area contributed by atoms with Crippen molar-refractivity contribution in [2.75, 3.05) is 0 Å². The summed E-state index contributed by atoms with van der Waals surface area (Å²) in [5.74, 6) is 0. The SMILES string of the molecule is CC(C)(C)CC(c1ccccc1)(c1ccccc1)C(C(C)(C)C)(C(C)(C)C)C(C)(C)C. The third-order valence-electron chi connectivity index (χ3n) is 7.34. The van der Waals surface area contributed by atoms with E-state index in [1.54, 1.807) is 0 Å². The lowest BCUT2D eigenvalue weighted by Gasteiger charge is -2.71. The third-order valence-corrected chi connectivity index (χ3v) is 7.34. The van der Waals surface area contributed by atoms with E-state index < -0.39 is 0 Å². The van der Waals surface area contributed by atoms with Crippen LogP contribution in [-0.4, -0.2) is 0 Å². The summed E-state index contributed by atoms with van der Waals surface area (Å²) < 4.78 is 0. The maximum atomic E-state index is 2.48. The molecule has 0 heteroatoms. The zero-order valence-corrected chi connectivity index (χ0v) is 22.5. The molecule has 0 aliphatic carbocycles. The van der Waals surface area contributed by atoms with E-state index in [9.17, 15) is 0 Å². The predicted molar refractivity (Wildman–Crippen MR) is 139 cm³/mol. The van der Waals surface area contributed by atoms with E-state index in [1.165, 1.54) is 11.1 Å². The Morgan fingerprint density at radius 3 is 0.968 bits per heavy atom. The molecule has 0 saturated heterocycles. The summed E-state index contributed by atoms with van der Waals surface area (Å²) >= 11 is 0. The summed E-state index contributed by atoms with van der Waals surface area (Å²) in [6.45, 7) is 29.5. The fourth-order valence-corrected chi connectivity index (χ4v) is 8.47. The summed E-state index contributed by atoms with van der Waals surface area (Å²) in [4.78, 5) is 0. The van der Waals surface area contributed by atoms with Crippen molar-refractivity contribution in [3.8, 4) is 0 Å². The van der Waals surface area contributed by atoms with Crippen molar-refractivity contribution in [3.63, 3.8) is 0 Å². The average Bonchev–Trinajstić information content (AvgIpc) is 2.58. The Balaban J connectivity index is 3.28. The Hall–Kier alpha value is -1.56. The maximum absolute atomic E-state index is 2.48. The highest BCUT2D eigenvalue weighted by Gasteiger charge is 2.69. The van der Waals surface area contributed by atoms with Gasteiger partial charge in [0.05, 0.1) is 0 Å². The minimum absolute atomic E-state index is 0.0421. The van der Waals surface area contributed by atoms with Gasteiger partial charge in [-0.2, -0.15) is 0 Å². The third kappa shape index (κ3) is 4.24. The Kier molecular flexibility index (Phi) is 6.71. The van der Waals surface area contributed by atoms with Crippen LogP contribution in [0.1, 0.15) is 101 Å². The fourth-order valence-electron chi connectivity index (χ4n) is 8.47. The quantitative estimate of drug-likeness (QED) is 0.462. The van der Waals surface area contributed by atoms with E-state index in [0.29, 0.717) is 0 Å². The van der Waals surface area contributed by atoms with Crippen LogP contribution in [0, 0.1) is 27.1 Å². The second kappa shape index (κ2) is 8.09. The Morgan fingerprint density at radius 2 is 0.742 bits per heavy atom. The van der Waals surface area contributed by atoms with E-state index in [0.717, 1.165) is 6.42 Å². The zero-order chi connectivity index (χ0) is 23.9. The lowest BCUT2D eigenvalue weighted by atomic mass is 9.32.